The van der Waals surface area contributed by atoms with E-state index in [1.54, 1.807) is 18.3 Å². The minimum Gasteiger partial charge on any atom is -0.457 e. The molecule has 1 amide bonds. The molecule has 5 rings (SSSR count). The number of fused-ring (bicyclic) bond motifs is 1. The number of nitrogens with zero attached hydrogens (tertiary/aromatic N) is 1. The molecule has 1 atom stereocenters. The number of hydrogen-bond donors (Lipinski definition) is 3. The number of pyridine rings is 1. The van der Waals surface area contributed by atoms with E-state index in [9.17, 15) is 10.0 Å². The quantitative estimate of drug-likeness (QED) is 0.660. The number of amides is 1. The maximum Gasteiger partial charge on any atom is 0.228 e. The van der Waals surface area contributed by atoms with Gasteiger partial charge in [0.15, 0.2) is 0 Å². The van der Waals surface area contributed by atoms with Crippen molar-refractivity contribution in [1.29, 1.82) is 0 Å². The lowest BCUT2D eigenvalue weighted by Gasteiger charge is -2.37. The first-order valence-electron chi connectivity index (χ1n) is 10.3. The maximum atomic E-state index is 12.0. The maximum absolute atomic E-state index is 12.0. The van der Waals surface area contributed by atoms with Gasteiger partial charge in [-0.25, -0.2) is 4.98 Å². The van der Waals surface area contributed by atoms with Crippen LogP contribution in [0.3, 0.4) is 0 Å². The Labute approximate surface area is 170 Å². The van der Waals surface area contributed by atoms with Gasteiger partial charge >= 0.3 is 0 Å². The molecule has 0 radical (unpaired) electrons. The number of rotatable bonds is 5. The van der Waals surface area contributed by atoms with Crippen LogP contribution in [0.25, 0.3) is 0 Å². The summed E-state index contributed by atoms with van der Waals surface area (Å²) in [4.78, 5) is 16.2. The van der Waals surface area contributed by atoms with Crippen LogP contribution in [0.1, 0.15) is 43.2 Å². The molecule has 0 aliphatic heterocycles. The third kappa shape index (κ3) is 3.60. The number of benzene rings is 1. The zero-order valence-electron chi connectivity index (χ0n) is 16.3. The fourth-order valence-corrected chi connectivity index (χ4v) is 4.61. The third-order valence-corrected chi connectivity index (χ3v) is 6.41. The molecule has 1 spiro atoms. The predicted octanol–water partition coefficient (Wildman–Crippen LogP) is 4.35. The second-order valence-electron chi connectivity index (χ2n) is 8.40. The van der Waals surface area contributed by atoms with Gasteiger partial charge in [-0.05, 0) is 74.3 Å². The van der Waals surface area contributed by atoms with Crippen LogP contribution in [0.5, 0.6) is 11.5 Å². The molecule has 150 valence electrons. The first-order valence-corrected chi connectivity index (χ1v) is 10.3. The minimum absolute atomic E-state index is 0.0112. The molecule has 1 saturated carbocycles. The van der Waals surface area contributed by atoms with Crippen LogP contribution in [0.4, 0.5) is 5.82 Å². The van der Waals surface area contributed by atoms with E-state index in [2.05, 4.69) is 34.0 Å². The van der Waals surface area contributed by atoms with E-state index in [-0.39, 0.29) is 17.2 Å². The van der Waals surface area contributed by atoms with E-state index in [0.29, 0.717) is 11.6 Å². The predicted molar refractivity (Wildman–Crippen MR) is 109 cm³/mol. The van der Waals surface area contributed by atoms with Crippen molar-refractivity contribution < 1.29 is 14.7 Å². The van der Waals surface area contributed by atoms with Crippen molar-refractivity contribution in [1.82, 2.24) is 10.5 Å². The van der Waals surface area contributed by atoms with Gasteiger partial charge in [0.05, 0.1) is 0 Å². The van der Waals surface area contributed by atoms with E-state index >= 15 is 0 Å². The zero-order valence-corrected chi connectivity index (χ0v) is 16.3. The lowest BCUT2D eigenvalue weighted by Crippen LogP contribution is -2.33. The Morgan fingerprint density at radius 1 is 1.14 bits per heavy atom. The number of aromatic nitrogens is 1. The highest BCUT2D eigenvalue weighted by atomic mass is 16.5. The van der Waals surface area contributed by atoms with Gasteiger partial charge in [0.2, 0.25) is 5.91 Å². The topological polar surface area (TPSA) is 83.5 Å². The fraction of sp³-hybridized carbons (Fsp3) is 0.391. The summed E-state index contributed by atoms with van der Waals surface area (Å²) in [5.74, 6) is 2.11. The van der Waals surface area contributed by atoms with E-state index in [0.717, 1.165) is 56.4 Å². The van der Waals surface area contributed by atoms with E-state index in [1.807, 2.05) is 6.07 Å². The second kappa shape index (κ2) is 7.19. The van der Waals surface area contributed by atoms with Crippen LogP contribution < -0.4 is 15.5 Å². The molecule has 0 bridgehead atoms. The molecule has 1 unspecified atom stereocenters. The average Bonchev–Trinajstić information content (AvgIpc) is 3.51. The van der Waals surface area contributed by atoms with Gasteiger partial charge in [0.1, 0.15) is 17.3 Å². The Kier molecular flexibility index (Phi) is 4.51. The largest absolute Gasteiger partial charge is 0.457 e. The molecular weight excluding hydrogens is 366 g/mol. The number of anilines is 1. The molecule has 2 aromatic rings. The second-order valence-corrected chi connectivity index (χ2v) is 8.40. The molecule has 0 saturated heterocycles. The number of carbonyl (C=O) groups is 1. The molecular formula is C23H25N3O3. The summed E-state index contributed by atoms with van der Waals surface area (Å²) >= 11 is 0. The van der Waals surface area contributed by atoms with Gasteiger partial charge in [-0.1, -0.05) is 12.1 Å². The number of carbonyl (C=O) groups excluding carboxylic acids is 1. The van der Waals surface area contributed by atoms with Gasteiger partial charge < -0.3 is 10.1 Å². The van der Waals surface area contributed by atoms with Gasteiger partial charge in [-0.2, -0.15) is 0 Å². The van der Waals surface area contributed by atoms with E-state index in [4.69, 9.17) is 4.74 Å². The summed E-state index contributed by atoms with van der Waals surface area (Å²) in [6, 6.07) is 9.79. The summed E-state index contributed by atoms with van der Waals surface area (Å²) in [5, 5.41) is 12.4. The molecule has 1 fully saturated rings. The van der Waals surface area contributed by atoms with Crippen LogP contribution >= 0.6 is 0 Å². The van der Waals surface area contributed by atoms with E-state index < -0.39 is 0 Å². The number of hydrogen-bond acceptors (Lipinski definition) is 5. The van der Waals surface area contributed by atoms with Crippen molar-refractivity contribution in [2.24, 2.45) is 11.3 Å². The summed E-state index contributed by atoms with van der Waals surface area (Å²) in [5.41, 5.74) is 6.02. The third-order valence-electron chi connectivity index (χ3n) is 6.41. The summed E-state index contributed by atoms with van der Waals surface area (Å²) in [7, 11) is 0. The SMILES string of the molecule is O=C(Nc1cc(Oc2ccc3c(c2)CC2(CCC=C2NO)CC3)ccn1)C1CC1. The van der Waals surface area contributed by atoms with Crippen molar-refractivity contribution in [3.05, 3.63) is 59.4 Å². The van der Waals surface area contributed by atoms with Crippen LogP contribution in [-0.4, -0.2) is 16.1 Å². The number of aryl methyl sites for hydroxylation is 1. The zero-order chi connectivity index (χ0) is 19.8. The molecule has 6 nitrogen and oxygen atoms in total. The highest BCUT2D eigenvalue weighted by Crippen LogP contribution is 2.48. The van der Waals surface area contributed by atoms with Gasteiger partial charge in [-0.3, -0.25) is 15.5 Å². The normalized spacial score (nSPS) is 22.7. The molecule has 1 aromatic heterocycles. The smallest absolute Gasteiger partial charge is 0.228 e. The average molecular weight is 391 g/mol. The number of nitrogens with one attached hydrogen (secondary N) is 2. The van der Waals surface area contributed by atoms with Crippen LogP contribution in [0, 0.1) is 11.3 Å². The van der Waals surface area contributed by atoms with Crippen molar-refractivity contribution in [2.75, 3.05) is 5.32 Å². The standard InChI is InChI=1S/C23H25N3O3/c27-22(16-3-4-16)25-21-13-19(8-11-24-21)29-18-6-5-15-7-10-23(14-17(15)12-18)9-1-2-20(23)26-28/h2,5-6,8,11-13,16,26,28H,1,3-4,7,9-10,14H2,(H,24,25,27). The van der Waals surface area contributed by atoms with Crippen molar-refractivity contribution in [3.63, 3.8) is 0 Å². The molecule has 3 N–H and O–H groups in total. The minimum atomic E-state index is 0.0112. The van der Waals surface area contributed by atoms with Crippen molar-refractivity contribution in [3.8, 4) is 11.5 Å². The lowest BCUT2D eigenvalue weighted by molar-refractivity contribution is -0.117. The highest BCUT2D eigenvalue weighted by Gasteiger charge is 2.40. The van der Waals surface area contributed by atoms with E-state index in [1.165, 1.54) is 11.1 Å². The molecule has 3 aliphatic carbocycles. The Morgan fingerprint density at radius 2 is 2.00 bits per heavy atom. The van der Waals surface area contributed by atoms with Crippen LogP contribution in [0.15, 0.2) is 48.3 Å². The Balaban J connectivity index is 1.33. The Morgan fingerprint density at radius 3 is 2.83 bits per heavy atom. The van der Waals surface area contributed by atoms with Crippen molar-refractivity contribution >= 4 is 11.7 Å². The van der Waals surface area contributed by atoms with Gasteiger partial charge in [0, 0.05) is 29.3 Å². The number of allylic oxidation sites excluding steroid dienone is 2. The first kappa shape index (κ1) is 18.2. The molecule has 3 aliphatic rings. The van der Waals surface area contributed by atoms with Gasteiger partial charge in [-0.15, -0.1) is 0 Å². The number of hydroxylamine groups is 1. The van der Waals surface area contributed by atoms with Crippen molar-refractivity contribution in [2.45, 2.75) is 44.9 Å². The first-order chi connectivity index (χ1) is 14.1. The lowest BCUT2D eigenvalue weighted by atomic mass is 9.69. The summed E-state index contributed by atoms with van der Waals surface area (Å²) < 4.78 is 6.08. The molecule has 29 heavy (non-hydrogen) atoms. The monoisotopic (exact) mass is 391 g/mol. The molecule has 1 aromatic carbocycles. The number of ether oxygens (including phenoxy) is 1. The summed E-state index contributed by atoms with van der Waals surface area (Å²) in [6.07, 6.45) is 10.7. The Bertz CT molecular complexity index is 983. The Hall–Kier alpha value is -2.86. The summed E-state index contributed by atoms with van der Waals surface area (Å²) in [6.45, 7) is 0. The van der Waals surface area contributed by atoms with Crippen LogP contribution in [-0.2, 0) is 17.6 Å². The van der Waals surface area contributed by atoms with Crippen LogP contribution in [0.2, 0.25) is 0 Å². The van der Waals surface area contributed by atoms with Gasteiger partial charge in [0.25, 0.3) is 0 Å². The molecule has 6 heteroatoms. The fourth-order valence-electron chi connectivity index (χ4n) is 4.61. The highest BCUT2D eigenvalue weighted by molar-refractivity contribution is 5.93. The molecule has 1 heterocycles.